The van der Waals surface area contributed by atoms with Crippen LogP contribution in [0, 0.1) is 20.8 Å². The molecule has 0 unspecified atom stereocenters. The van der Waals surface area contributed by atoms with Gasteiger partial charge in [-0.3, -0.25) is 9.78 Å². The summed E-state index contributed by atoms with van der Waals surface area (Å²) >= 11 is 5.81. The summed E-state index contributed by atoms with van der Waals surface area (Å²) in [5.74, 6) is 0.822. The third-order valence-corrected chi connectivity index (χ3v) is 7.10. The zero-order chi connectivity index (χ0) is 25.9. The van der Waals surface area contributed by atoms with Crippen molar-refractivity contribution in [2.75, 3.05) is 11.9 Å². The van der Waals surface area contributed by atoms with E-state index >= 15 is 0 Å². The van der Waals surface area contributed by atoms with E-state index in [-0.39, 0.29) is 18.0 Å². The van der Waals surface area contributed by atoms with Crippen molar-refractivity contribution in [3.05, 3.63) is 107 Å². The van der Waals surface area contributed by atoms with E-state index in [9.17, 15) is 4.79 Å². The van der Waals surface area contributed by atoms with Crippen LogP contribution < -0.4 is 10.6 Å². The number of hydrogen-bond donors (Lipinski definition) is 2. The molecule has 188 valence electrons. The molecule has 37 heavy (non-hydrogen) atoms. The molecule has 0 radical (unpaired) electrons. The number of nitrogens with one attached hydrogen (secondary N) is 2. The lowest BCUT2D eigenvalue weighted by atomic mass is 9.96. The lowest BCUT2D eigenvalue weighted by molar-refractivity contribution is -0.116. The van der Waals surface area contributed by atoms with Gasteiger partial charge < -0.3 is 20.1 Å². The highest BCUT2D eigenvalue weighted by Gasteiger charge is 2.41. The minimum absolute atomic E-state index is 0.0487. The fourth-order valence-corrected chi connectivity index (χ4v) is 5.41. The second kappa shape index (κ2) is 10.5. The number of pyridine rings is 2. The number of amides is 1. The third-order valence-electron chi connectivity index (χ3n) is 6.75. The first kappa shape index (κ1) is 24.6. The summed E-state index contributed by atoms with van der Waals surface area (Å²) in [6.45, 7) is 6.68. The van der Waals surface area contributed by atoms with Crippen LogP contribution in [0.25, 0.3) is 5.82 Å². The van der Waals surface area contributed by atoms with Crippen LogP contribution in [0.1, 0.15) is 46.7 Å². The van der Waals surface area contributed by atoms with E-state index in [1.807, 2.05) is 67.6 Å². The monoisotopic (exact) mass is 510 g/mol. The fourth-order valence-electron chi connectivity index (χ4n) is 5.08. The molecule has 1 aliphatic rings. The molecule has 4 aromatic rings. The average molecular weight is 511 g/mol. The van der Waals surface area contributed by atoms with E-state index in [2.05, 4.69) is 50.0 Å². The van der Waals surface area contributed by atoms with Gasteiger partial charge >= 0.3 is 0 Å². The molecule has 1 aliphatic heterocycles. The van der Waals surface area contributed by atoms with E-state index in [0.29, 0.717) is 18.1 Å². The third kappa shape index (κ3) is 5.11. The molecule has 4 heterocycles. The van der Waals surface area contributed by atoms with Crippen LogP contribution >= 0.6 is 12.2 Å². The van der Waals surface area contributed by atoms with Gasteiger partial charge in [0.2, 0.25) is 5.91 Å². The number of carbonyl (C=O) groups excluding carboxylic acids is 1. The Bertz CT molecular complexity index is 1420. The lowest BCUT2D eigenvalue weighted by Crippen LogP contribution is -2.32. The van der Waals surface area contributed by atoms with Crippen molar-refractivity contribution < 1.29 is 4.79 Å². The smallest absolute Gasteiger partial charge is 0.226 e. The van der Waals surface area contributed by atoms with Crippen molar-refractivity contribution in [3.8, 4) is 5.82 Å². The highest BCUT2D eigenvalue weighted by Crippen LogP contribution is 2.41. The Labute approximate surface area is 222 Å². The van der Waals surface area contributed by atoms with Crippen molar-refractivity contribution in [2.45, 2.75) is 39.3 Å². The first-order valence-electron chi connectivity index (χ1n) is 12.4. The Morgan fingerprint density at radius 3 is 2.49 bits per heavy atom. The van der Waals surface area contributed by atoms with Gasteiger partial charge in [-0.1, -0.05) is 24.3 Å². The molecule has 1 aromatic carbocycles. The Balaban J connectivity index is 1.46. The predicted molar refractivity (Wildman–Crippen MR) is 150 cm³/mol. The quantitative estimate of drug-likeness (QED) is 0.333. The molecule has 8 heteroatoms. The molecule has 2 atom stereocenters. The number of aromatic nitrogens is 3. The van der Waals surface area contributed by atoms with Crippen LogP contribution in [0.3, 0.4) is 0 Å². The van der Waals surface area contributed by atoms with Gasteiger partial charge in [-0.25, -0.2) is 4.98 Å². The Hall–Kier alpha value is -4.04. The van der Waals surface area contributed by atoms with Crippen molar-refractivity contribution in [1.82, 2.24) is 24.8 Å². The van der Waals surface area contributed by atoms with Gasteiger partial charge in [0.15, 0.2) is 5.11 Å². The van der Waals surface area contributed by atoms with E-state index < -0.39 is 0 Å². The van der Waals surface area contributed by atoms with Gasteiger partial charge in [0, 0.05) is 42.4 Å². The van der Waals surface area contributed by atoms with E-state index in [1.54, 1.807) is 12.4 Å². The van der Waals surface area contributed by atoms with Crippen LogP contribution in [-0.2, 0) is 4.79 Å². The minimum atomic E-state index is -0.147. The summed E-state index contributed by atoms with van der Waals surface area (Å²) in [6, 6.07) is 21.6. The van der Waals surface area contributed by atoms with Gasteiger partial charge in [0.25, 0.3) is 0 Å². The second-order valence-corrected chi connectivity index (χ2v) is 9.72. The SMILES string of the molecule is Cc1cccc(NC(=O)CCN2C(=S)N[C@@H](c3ccccn3)[C@@H]2c2cc(C)n(-c3ccccn3)c2C)c1. The summed E-state index contributed by atoms with van der Waals surface area (Å²) in [4.78, 5) is 24.2. The summed E-state index contributed by atoms with van der Waals surface area (Å²) in [6.07, 6.45) is 3.91. The van der Waals surface area contributed by atoms with Crippen LogP contribution in [-0.4, -0.2) is 37.0 Å². The summed E-state index contributed by atoms with van der Waals surface area (Å²) < 4.78 is 2.16. The maximum atomic E-state index is 12.9. The maximum absolute atomic E-state index is 12.9. The Morgan fingerprint density at radius 2 is 1.78 bits per heavy atom. The van der Waals surface area contributed by atoms with Crippen LogP contribution in [0.2, 0.25) is 0 Å². The topological polar surface area (TPSA) is 75.1 Å². The Morgan fingerprint density at radius 1 is 1.00 bits per heavy atom. The van der Waals surface area contributed by atoms with E-state index in [1.165, 1.54) is 0 Å². The van der Waals surface area contributed by atoms with Gasteiger partial charge in [-0.05, 0) is 86.6 Å². The highest BCUT2D eigenvalue weighted by molar-refractivity contribution is 7.80. The molecule has 1 saturated heterocycles. The number of anilines is 1. The van der Waals surface area contributed by atoms with Crippen molar-refractivity contribution in [1.29, 1.82) is 0 Å². The van der Waals surface area contributed by atoms with E-state index in [0.717, 1.165) is 39.7 Å². The predicted octanol–water partition coefficient (Wildman–Crippen LogP) is 5.19. The van der Waals surface area contributed by atoms with Gasteiger partial charge in [0.1, 0.15) is 5.82 Å². The first-order chi connectivity index (χ1) is 17.9. The van der Waals surface area contributed by atoms with Gasteiger partial charge in [0.05, 0.1) is 17.8 Å². The lowest BCUT2D eigenvalue weighted by Gasteiger charge is -2.28. The fraction of sp³-hybridized carbons (Fsp3) is 0.241. The molecule has 5 rings (SSSR count). The highest BCUT2D eigenvalue weighted by atomic mass is 32.1. The molecule has 1 amide bonds. The van der Waals surface area contributed by atoms with Crippen molar-refractivity contribution >= 4 is 28.9 Å². The number of aryl methyl sites for hydroxylation is 2. The van der Waals surface area contributed by atoms with Crippen molar-refractivity contribution in [3.63, 3.8) is 0 Å². The molecule has 2 N–H and O–H groups in total. The first-order valence-corrected chi connectivity index (χ1v) is 12.8. The normalized spacial score (nSPS) is 17.1. The van der Waals surface area contributed by atoms with E-state index in [4.69, 9.17) is 12.2 Å². The summed E-state index contributed by atoms with van der Waals surface area (Å²) in [5, 5.41) is 7.11. The molecular weight excluding hydrogens is 480 g/mol. The Kier molecular flexibility index (Phi) is 7.01. The number of benzene rings is 1. The number of thiocarbonyl (C=S) groups is 1. The zero-order valence-corrected chi connectivity index (χ0v) is 22.0. The van der Waals surface area contributed by atoms with Gasteiger partial charge in [-0.15, -0.1) is 0 Å². The average Bonchev–Trinajstić information content (AvgIpc) is 3.38. The number of hydrogen-bond acceptors (Lipinski definition) is 4. The van der Waals surface area contributed by atoms with Crippen molar-refractivity contribution in [2.24, 2.45) is 0 Å². The van der Waals surface area contributed by atoms with Gasteiger partial charge in [-0.2, -0.15) is 0 Å². The number of carbonyl (C=O) groups is 1. The second-order valence-electron chi connectivity index (χ2n) is 9.34. The molecule has 0 spiro atoms. The summed E-state index contributed by atoms with van der Waals surface area (Å²) in [5.41, 5.74) is 6.11. The molecule has 1 fully saturated rings. The number of nitrogens with zero attached hydrogens (tertiary/aromatic N) is 4. The maximum Gasteiger partial charge on any atom is 0.226 e. The molecule has 0 saturated carbocycles. The molecule has 7 nitrogen and oxygen atoms in total. The molecule has 0 aliphatic carbocycles. The minimum Gasteiger partial charge on any atom is -0.352 e. The van der Waals surface area contributed by atoms with Crippen LogP contribution in [0.4, 0.5) is 5.69 Å². The zero-order valence-electron chi connectivity index (χ0n) is 21.2. The summed E-state index contributed by atoms with van der Waals surface area (Å²) in [7, 11) is 0. The molecule has 3 aromatic heterocycles. The van der Waals surface area contributed by atoms with Crippen LogP contribution in [0.15, 0.2) is 79.1 Å². The standard InChI is InChI=1S/C29H30N6OS/c1-19-9-8-10-22(17-19)32-26(36)13-16-34-28(27(33-29(34)37)24-11-4-6-14-30-24)23-18-20(2)35(21(23)3)25-12-5-7-15-31-25/h4-12,14-15,17-18,27-28H,13,16H2,1-3H3,(H,32,36)(H,33,37)/t27-,28-/m0/s1. The molecular formula is C29H30N6OS. The number of rotatable bonds is 7. The molecule has 0 bridgehead atoms. The largest absolute Gasteiger partial charge is 0.352 e. The van der Waals surface area contributed by atoms with Crippen LogP contribution in [0.5, 0.6) is 0 Å².